The zero-order valence-electron chi connectivity index (χ0n) is 11.3. The molecule has 0 aliphatic heterocycles. The Morgan fingerprint density at radius 1 is 1.37 bits per heavy atom. The first-order valence-corrected chi connectivity index (χ1v) is 17.1. The van der Waals surface area contributed by atoms with Gasteiger partial charge in [0.15, 0.2) is 0 Å². The topological polar surface area (TPSA) is 99.1 Å². The van der Waals surface area contributed by atoms with Crippen LogP contribution in [-0.4, -0.2) is 68.3 Å². The van der Waals surface area contributed by atoms with Gasteiger partial charge in [0, 0.05) is 0 Å². The van der Waals surface area contributed by atoms with Crippen LogP contribution in [0.2, 0.25) is 0 Å². The van der Waals surface area contributed by atoms with Crippen LogP contribution in [0.4, 0.5) is 0 Å². The first kappa shape index (κ1) is 22.8. The van der Waals surface area contributed by atoms with Crippen molar-refractivity contribution in [2.45, 2.75) is 6.10 Å². The number of hydrogen-bond acceptors (Lipinski definition) is 6. The maximum atomic E-state index is 11.1. The molecule has 0 aromatic carbocycles. The number of halogens is 2. The zero-order valence-corrected chi connectivity index (χ0v) is 17.7. The van der Waals surface area contributed by atoms with Gasteiger partial charge in [-0.25, -0.2) is 0 Å². The second-order valence-corrected chi connectivity index (χ2v) is 11.9. The van der Waals surface area contributed by atoms with Gasteiger partial charge in [-0.1, -0.05) is 0 Å². The van der Waals surface area contributed by atoms with Crippen molar-refractivity contribution in [1.29, 1.82) is 0 Å². The van der Waals surface area contributed by atoms with Crippen LogP contribution >= 0.6 is 24.5 Å². The van der Waals surface area contributed by atoms with Crippen molar-refractivity contribution in [2.24, 2.45) is 0 Å². The molecule has 19 heavy (non-hydrogen) atoms. The number of rotatable bonds is 8. The second kappa shape index (κ2) is 12.1. The van der Waals surface area contributed by atoms with Gasteiger partial charge in [-0.3, -0.25) is 4.57 Å². The number of nitrogens with zero attached hydrogens (tertiary/aromatic N) is 1. The predicted octanol–water partition coefficient (Wildman–Crippen LogP) is -0.0761. The molecule has 0 fully saturated rings. The van der Waals surface area contributed by atoms with Crippen molar-refractivity contribution in [3.63, 3.8) is 0 Å². The standard InChI is InChI=1S/C8H20NO6P.Cd.2ClH/c1-9(2,3)4-5-14-16(12,13)15-7-8(11)6-10;;;/h8,10-11H,4-7H2,1-3H3;;2*1H/q;+2;;/p-2. The van der Waals surface area contributed by atoms with E-state index < -0.39 is 48.9 Å². The van der Waals surface area contributed by atoms with Gasteiger partial charge in [-0.05, 0) is 0 Å². The summed E-state index contributed by atoms with van der Waals surface area (Å²) in [5, 5.41) is 17.3. The van der Waals surface area contributed by atoms with Gasteiger partial charge >= 0.3 is 38.4 Å². The van der Waals surface area contributed by atoms with Crippen LogP contribution in [0.5, 0.6) is 0 Å². The third kappa shape index (κ3) is 19.5. The fraction of sp³-hybridized carbons (Fsp3) is 1.00. The minimum absolute atomic E-state index is 0.0134. The molecule has 0 radical (unpaired) electrons. The summed E-state index contributed by atoms with van der Waals surface area (Å²) in [5.41, 5.74) is 0. The summed E-state index contributed by atoms with van der Waals surface area (Å²) in [6.45, 7) is -0.530. The molecule has 0 heterocycles. The SMILES string of the molecule is C[N+](C)(C)CCOP(=O)([O-])OCC(O)CO.[Cl][Cd][Cl]. The molecule has 0 amide bonds. The van der Waals surface area contributed by atoms with E-state index in [1.165, 1.54) is 0 Å². The van der Waals surface area contributed by atoms with E-state index in [0.717, 1.165) is 0 Å². The van der Waals surface area contributed by atoms with Gasteiger partial charge in [0.05, 0.1) is 34.4 Å². The monoisotopic (exact) mass is 441 g/mol. The molecule has 2 atom stereocenters. The summed E-state index contributed by atoms with van der Waals surface area (Å²) in [4.78, 5) is 11.1. The van der Waals surface area contributed by atoms with Gasteiger partial charge in [0.25, 0.3) is 7.82 Å². The number of hydrogen-bond donors (Lipinski definition) is 2. The fourth-order valence-corrected chi connectivity index (χ4v) is 1.43. The number of quaternary nitrogens is 1. The molecule has 0 spiro atoms. The summed E-state index contributed by atoms with van der Waals surface area (Å²) in [6, 6.07) is 0. The van der Waals surface area contributed by atoms with Crippen LogP contribution in [0.1, 0.15) is 0 Å². The van der Waals surface area contributed by atoms with Crippen LogP contribution < -0.4 is 4.89 Å². The summed E-state index contributed by atoms with van der Waals surface area (Å²) >= 11 is -1.07. The first-order valence-electron chi connectivity index (χ1n) is 5.39. The van der Waals surface area contributed by atoms with Crippen LogP contribution in [0, 0.1) is 0 Å². The third-order valence-corrected chi connectivity index (χ3v) is 2.61. The molecule has 0 rings (SSSR count). The van der Waals surface area contributed by atoms with Crippen LogP contribution in [-0.2, 0) is 35.4 Å². The van der Waals surface area contributed by atoms with Crippen LogP contribution in [0.25, 0.3) is 0 Å². The minimum atomic E-state index is -4.38. The number of phosphoric acid groups is 1. The Morgan fingerprint density at radius 2 is 1.84 bits per heavy atom. The summed E-state index contributed by atoms with van der Waals surface area (Å²) < 4.78 is 20.6. The van der Waals surface area contributed by atoms with E-state index in [1.54, 1.807) is 0 Å². The molecule has 0 saturated heterocycles. The molecule has 0 saturated carbocycles. The summed E-state index contributed by atoms with van der Waals surface area (Å²) in [7, 11) is 11.3. The molecule has 0 aromatic rings. The zero-order chi connectivity index (χ0) is 15.5. The average Bonchev–Trinajstić information content (AvgIpc) is 2.25. The summed E-state index contributed by atoms with van der Waals surface area (Å²) in [5.74, 6) is 0. The van der Waals surface area contributed by atoms with Crippen LogP contribution in [0.3, 0.4) is 0 Å². The Kier molecular flexibility index (Phi) is 14.5. The molecule has 0 aliphatic rings. The average molecular weight is 441 g/mol. The molecule has 2 N–H and O–H groups in total. The van der Waals surface area contributed by atoms with Crippen molar-refractivity contribution in [3.05, 3.63) is 0 Å². The Balaban J connectivity index is 0. The van der Waals surface area contributed by atoms with E-state index in [9.17, 15) is 9.46 Å². The van der Waals surface area contributed by atoms with Crippen molar-refractivity contribution < 1.29 is 55.0 Å². The van der Waals surface area contributed by atoms with Gasteiger partial charge in [0.2, 0.25) is 0 Å². The Labute approximate surface area is 132 Å². The molecule has 0 aliphatic carbocycles. The van der Waals surface area contributed by atoms with E-state index in [-0.39, 0.29) is 6.61 Å². The molecule has 2 unspecified atom stereocenters. The van der Waals surface area contributed by atoms with E-state index in [1.807, 2.05) is 21.1 Å². The predicted molar refractivity (Wildman–Crippen MR) is 67.2 cm³/mol. The Bertz CT molecular complexity index is 268. The van der Waals surface area contributed by atoms with E-state index >= 15 is 0 Å². The number of aliphatic hydroxyl groups excluding tert-OH is 2. The third-order valence-electron chi connectivity index (χ3n) is 1.65. The molecular formula is C8H20CdCl2NO6P. The van der Waals surface area contributed by atoms with Gasteiger partial charge in [-0.15, -0.1) is 0 Å². The van der Waals surface area contributed by atoms with Gasteiger partial charge < -0.3 is 28.6 Å². The van der Waals surface area contributed by atoms with Crippen molar-refractivity contribution in [2.75, 3.05) is 47.5 Å². The van der Waals surface area contributed by atoms with Crippen molar-refractivity contribution >= 4 is 24.5 Å². The van der Waals surface area contributed by atoms with E-state index in [4.69, 9.17) is 26.8 Å². The molecule has 114 valence electrons. The van der Waals surface area contributed by atoms with Gasteiger partial charge in [0.1, 0.15) is 19.3 Å². The number of phosphoric ester groups is 1. The maximum absolute atomic E-state index is 11.1. The van der Waals surface area contributed by atoms with E-state index in [2.05, 4.69) is 9.05 Å². The molecule has 0 aromatic heterocycles. The molecular weight excluding hydrogens is 420 g/mol. The number of aliphatic hydroxyl groups is 2. The van der Waals surface area contributed by atoms with Crippen molar-refractivity contribution in [1.82, 2.24) is 0 Å². The Morgan fingerprint density at radius 3 is 2.21 bits per heavy atom. The van der Waals surface area contributed by atoms with Crippen molar-refractivity contribution in [3.8, 4) is 0 Å². The first-order chi connectivity index (χ1) is 8.58. The Hall–Kier alpha value is 1.49. The quantitative estimate of drug-likeness (QED) is 0.311. The summed E-state index contributed by atoms with van der Waals surface area (Å²) in [6.07, 6.45) is -1.22. The van der Waals surface area contributed by atoms with Gasteiger partial charge in [-0.2, -0.15) is 0 Å². The number of likely N-dealkylation sites (N-methyl/N-ethyl adjacent to an activating group) is 1. The molecule has 0 bridgehead atoms. The molecule has 11 heteroatoms. The second-order valence-electron chi connectivity index (χ2n) is 4.53. The van der Waals surface area contributed by atoms with Crippen LogP contribution in [0.15, 0.2) is 0 Å². The molecule has 7 nitrogen and oxygen atoms in total. The fourth-order valence-electron chi connectivity index (χ4n) is 0.694. The normalized spacial score (nSPS) is 15.8. The van der Waals surface area contributed by atoms with E-state index in [0.29, 0.717) is 11.0 Å².